The molecule has 90 valence electrons. The fourth-order valence-electron chi connectivity index (χ4n) is 2.41. The summed E-state index contributed by atoms with van der Waals surface area (Å²) in [6.07, 6.45) is 3.37. The molecule has 0 aliphatic heterocycles. The molecule has 0 N–H and O–H groups in total. The normalized spacial score (nSPS) is 30.4. The third-order valence-electron chi connectivity index (χ3n) is 2.82. The molecule has 1 saturated carbocycles. The summed E-state index contributed by atoms with van der Waals surface area (Å²) in [6, 6.07) is 0. The quantitative estimate of drug-likeness (QED) is 0.714. The predicted octanol–water partition coefficient (Wildman–Crippen LogP) is 3.39. The number of rotatable bonds is 4. The van der Waals surface area contributed by atoms with Crippen LogP contribution in [0.5, 0.6) is 0 Å². The van der Waals surface area contributed by atoms with E-state index in [4.69, 9.17) is 9.47 Å². The number of ether oxygens (including phenoxy) is 2. The van der Waals surface area contributed by atoms with Gasteiger partial charge in [-0.1, -0.05) is 13.8 Å². The van der Waals surface area contributed by atoms with Crippen LogP contribution in [0, 0.1) is 5.41 Å². The molecule has 0 spiro atoms. The van der Waals surface area contributed by atoms with E-state index in [0.717, 1.165) is 12.8 Å². The fraction of sp³-hybridized carbons (Fsp3) is 1.00. The molecule has 2 nitrogen and oxygen atoms in total. The van der Waals surface area contributed by atoms with Crippen molar-refractivity contribution < 1.29 is 9.47 Å². The second-order valence-corrected chi connectivity index (χ2v) is 6.02. The number of hydrogen-bond donors (Lipinski definition) is 0. The van der Waals surface area contributed by atoms with Gasteiger partial charge in [-0.3, -0.25) is 0 Å². The van der Waals surface area contributed by atoms with Crippen molar-refractivity contribution in [2.45, 2.75) is 78.8 Å². The Bertz CT molecular complexity index is 177. The van der Waals surface area contributed by atoms with Gasteiger partial charge in [0.05, 0.1) is 24.4 Å². The Morgan fingerprint density at radius 2 is 1.20 bits per heavy atom. The molecule has 0 unspecified atom stereocenters. The van der Waals surface area contributed by atoms with E-state index in [1.807, 2.05) is 0 Å². The molecule has 0 bridgehead atoms. The lowest BCUT2D eigenvalue weighted by atomic mass is 9.92. The standard InChI is InChI=1S/C13H26O2/c1-9(2)14-11-7-13(5,6)8-12(11)15-10(3)4/h9-12H,7-8H2,1-6H3/t11-,12-/m1/s1. The summed E-state index contributed by atoms with van der Waals surface area (Å²) in [4.78, 5) is 0. The summed E-state index contributed by atoms with van der Waals surface area (Å²) in [7, 11) is 0. The average Bonchev–Trinajstić information content (AvgIpc) is 2.22. The van der Waals surface area contributed by atoms with E-state index in [9.17, 15) is 0 Å². The van der Waals surface area contributed by atoms with E-state index >= 15 is 0 Å². The molecule has 2 atom stereocenters. The lowest BCUT2D eigenvalue weighted by molar-refractivity contribution is -0.0942. The minimum atomic E-state index is 0.280. The van der Waals surface area contributed by atoms with Gasteiger partial charge < -0.3 is 9.47 Å². The summed E-state index contributed by atoms with van der Waals surface area (Å²) in [6.45, 7) is 13.0. The van der Waals surface area contributed by atoms with Crippen LogP contribution in [-0.2, 0) is 9.47 Å². The molecule has 15 heavy (non-hydrogen) atoms. The Balaban J connectivity index is 2.57. The molecule has 1 aliphatic carbocycles. The zero-order valence-electron chi connectivity index (χ0n) is 11.0. The molecule has 1 aliphatic rings. The lowest BCUT2D eigenvalue weighted by Crippen LogP contribution is -2.30. The topological polar surface area (TPSA) is 18.5 Å². The molecule has 1 rings (SSSR count). The van der Waals surface area contributed by atoms with Gasteiger partial charge in [-0.2, -0.15) is 0 Å². The first-order valence-corrected chi connectivity index (χ1v) is 6.11. The molecule has 0 heterocycles. The van der Waals surface area contributed by atoms with E-state index in [1.54, 1.807) is 0 Å². The minimum Gasteiger partial charge on any atom is -0.373 e. The van der Waals surface area contributed by atoms with Gasteiger partial charge in [0.15, 0.2) is 0 Å². The first-order chi connectivity index (χ1) is 6.80. The molecular weight excluding hydrogens is 188 g/mol. The highest BCUT2D eigenvalue weighted by Gasteiger charge is 2.41. The Hall–Kier alpha value is -0.0800. The summed E-state index contributed by atoms with van der Waals surface area (Å²) in [5.41, 5.74) is 0.360. The molecular formula is C13H26O2. The van der Waals surface area contributed by atoms with Gasteiger partial charge in [0.1, 0.15) is 0 Å². The van der Waals surface area contributed by atoms with Crippen molar-refractivity contribution in [1.82, 2.24) is 0 Å². The SMILES string of the molecule is CC(C)O[C@@H]1CC(C)(C)C[C@H]1OC(C)C. The predicted molar refractivity (Wildman–Crippen MR) is 63.0 cm³/mol. The molecule has 0 amide bonds. The van der Waals surface area contributed by atoms with Gasteiger partial charge >= 0.3 is 0 Å². The van der Waals surface area contributed by atoms with Gasteiger partial charge in [0, 0.05) is 0 Å². The van der Waals surface area contributed by atoms with E-state index in [-0.39, 0.29) is 12.2 Å². The van der Waals surface area contributed by atoms with E-state index < -0.39 is 0 Å². The van der Waals surface area contributed by atoms with E-state index in [1.165, 1.54) is 0 Å². The van der Waals surface area contributed by atoms with Crippen molar-refractivity contribution in [3.05, 3.63) is 0 Å². The van der Waals surface area contributed by atoms with Crippen LogP contribution in [0.1, 0.15) is 54.4 Å². The Morgan fingerprint density at radius 3 is 1.47 bits per heavy atom. The van der Waals surface area contributed by atoms with Crippen molar-refractivity contribution in [1.29, 1.82) is 0 Å². The van der Waals surface area contributed by atoms with Crippen LogP contribution >= 0.6 is 0 Å². The molecule has 1 fully saturated rings. The first-order valence-electron chi connectivity index (χ1n) is 6.11. The number of hydrogen-bond acceptors (Lipinski definition) is 2. The van der Waals surface area contributed by atoms with Crippen molar-refractivity contribution in [3.8, 4) is 0 Å². The molecule has 0 radical (unpaired) electrons. The van der Waals surface area contributed by atoms with E-state index in [0.29, 0.717) is 17.6 Å². The zero-order chi connectivity index (χ0) is 11.6. The summed E-state index contributed by atoms with van der Waals surface area (Å²) in [5, 5.41) is 0. The Morgan fingerprint density at radius 1 is 0.867 bits per heavy atom. The van der Waals surface area contributed by atoms with Crippen LogP contribution in [0.15, 0.2) is 0 Å². The Labute approximate surface area is 94.3 Å². The smallest absolute Gasteiger partial charge is 0.0845 e. The third-order valence-corrected chi connectivity index (χ3v) is 2.82. The largest absolute Gasteiger partial charge is 0.373 e. The molecule has 0 aromatic heterocycles. The van der Waals surface area contributed by atoms with Crippen molar-refractivity contribution in [2.24, 2.45) is 5.41 Å². The highest BCUT2D eigenvalue weighted by atomic mass is 16.6. The van der Waals surface area contributed by atoms with Crippen LogP contribution in [0.4, 0.5) is 0 Å². The maximum Gasteiger partial charge on any atom is 0.0845 e. The van der Waals surface area contributed by atoms with Crippen molar-refractivity contribution in [2.75, 3.05) is 0 Å². The van der Waals surface area contributed by atoms with Crippen LogP contribution in [-0.4, -0.2) is 24.4 Å². The zero-order valence-corrected chi connectivity index (χ0v) is 11.0. The molecule has 0 aromatic rings. The van der Waals surface area contributed by atoms with Gasteiger partial charge in [-0.05, 0) is 46.0 Å². The fourth-order valence-corrected chi connectivity index (χ4v) is 2.41. The summed E-state index contributed by atoms with van der Waals surface area (Å²) >= 11 is 0. The maximum absolute atomic E-state index is 5.94. The van der Waals surface area contributed by atoms with Crippen LogP contribution in [0.3, 0.4) is 0 Å². The van der Waals surface area contributed by atoms with Crippen molar-refractivity contribution in [3.63, 3.8) is 0 Å². The highest BCUT2D eigenvalue weighted by molar-refractivity contribution is 4.91. The van der Waals surface area contributed by atoms with Crippen molar-refractivity contribution >= 4 is 0 Å². The van der Waals surface area contributed by atoms with Gasteiger partial charge in [-0.15, -0.1) is 0 Å². The summed E-state index contributed by atoms with van der Waals surface area (Å²) in [5.74, 6) is 0. The lowest BCUT2D eigenvalue weighted by Gasteiger charge is -2.24. The first kappa shape index (κ1) is 13.0. The van der Waals surface area contributed by atoms with Crippen LogP contribution < -0.4 is 0 Å². The molecule has 0 aromatic carbocycles. The summed E-state index contributed by atoms with van der Waals surface area (Å²) < 4.78 is 11.9. The Kier molecular flexibility index (Phi) is 4.19. The third kappa shape index (κ3) is 4.12. The monoisotopic (exact) mass is 214 g/mol. The minimum absolute atomic E-state index is 0.280. The van der Waals surface area contributed by atoms with Gasteiger partial charge in [-0.25, -0.2) is 0 Å². The van der Waals surface area contributed by atoms with Crippen LogP contribution in [0.25, 0.3) is 0 Å². The van der Waals surface area contributed by atoms with E-state index in [2.05, 4.69) is 41.5 Å². The second-order valence-electron chi connectivity index (χ2n) is 6.02. The molecule has 2 heteroatoms. The molecule has 0 saturated heterocycles. The average molecular weight is 214 g/mol. The second kappa shape index (κ2) is 4.84. The van der Waals surface area contributed by atoms with Crippen LogP contribution in [0.2, 0.25) is 0 Å². The van der Waals surface area contributed by atoms with Gasteiger partial charge in [0.25, 0.3) is 0 Å². The maximum atomic E-state index is 5.94. The highest BCUT2D eigenvalue weighted by Crippen LogP contribution is 2.41. The van der Waals surface area contributed by atoms with Gasteiger partial charge in [0.2, 0.25) is 0 Å².